The van der Waals surface area contributed by atoms with Crippen LogP contribution in [0.15, 0.2) is 54.6 Å². The lowest BCUT2D eigenvalue weighted by molar-refractivity contribution is 0.378. The van der Waals surface area contributed by atoms with E-state index in [1.54, 1.807) is 24.3 Å². The summed E-state index contributed by atoms with van der Waals surface area (Å²) in [7, 11) is -3.65. The van der Waals surface area contributed by atoms with E-state index in [1.807, 2.05) is 30.3 Å². The summed E-state index contributed by atoms with van der Waals surface area (Å²) in [6.07, 6.45) is 0.0137. The predicted molar refractivity (Wildman–Crippen MR) is 79.8 cm³/mol. The molecule has 0 bridgehead atoms. The van der Waals surface area contributed by atoms with E-state index in [4.69, 9.17) is 4.52 Å². The van der Waals surface area contributed by atoms with E-state index in [0.29, 0.717) is 5.75 Å². The van der Waals surface area contributed by atoms with Crippen molar-refractivity contribution in [1.29, 1.82) is 0 Å². The molecule has 1 N–H and O–H groups in total. The molecule has 0 saturated carbocycles. The van der Waals surface area contributed by atoms with Gasteiger partial charge in [-0.2, -0.15) is 0 Å². The fourth-order valence-corrected chi connectivity index (χ4v) is 3.05. The highest BCUT2D eigenvalue weighted by atomic mass is 127. The van der Waals surface area contributed by atoms with Gasteiger partial charge in [-0.25, -0.2) is 4.57 Å². The van der Waals surface area contributed by atoms with Crippen molar-refractivity contribution < 1.29 is 14.0 Å². The third kappa shape index (κ3) is 4.12. The maximum absolute atomic E-state index is 12.0. The number of rotatable bonds is 4. The fourth-order valence-electron chi connectivity index (χ4n) is 1.51. The van der Waals surface area contributed by atoms with Crippen LogP contribution in [0.2, 0.25) is 0 Å². The molecular weight excluding hydrogens is 362 g/mol. The molecule has 2 rings (SSSR count). The molecule has 0 saturated heterocycles. The first-order valence-electron chi connectivity index (χ1n) is 5.36. The molecule has 1 unspecified atom stereocenters. The van der Waals surface area contributed by atoms with Crippen LogP contribution in [0.3, 0.4) is 0 Å². The normalized spacial score (nSPS) is 13.9. The summed E-state index contributed by atoms with van der Waals surface area (Å²) in [6.45, 7) is 0. The van der Waals surface area contributed by atoms with Crippen molar-refractivity contribution >= 4 is 30.2 Å². The second-order valence-electron chi connectivity index (χ2n) is 3.83. The quantitative estimate of drug-likeness (QED) is 0.649. The first-order chi connectivity index (χ1) is 8.55. The standard InChI is InChI=1S/C13H12IO3P/c14-12-6-8-13(9-7-12)17-18(15,16)10-11-4-2-1-3-5-11/h1-9H,10H2,(H,15,16). The predicted octanol–water partition coefficient (Wildman–Crippen LogP) is 4.06. The molecule has 3 nitrogen and oxygen atoms in total. The van der Waals surface area contributed by atoms with Gasteiger partial charge < -0.3 is 9.42 Å². The first-order valence-corrected chi connectivity index (χ1v) is 8.20. The molecule has 0 fully saturated rings. The molecule has 5 heteroatoms. The molecule has 0 spiro atoms. The molecule has 2 aromatic rings. The lowest BCUT2D eigenvalue weighted by Crippen LogP contribution is -1.96. The lowest BCUT2D eigenvalue weighted by Gasteiger charge is -2.13. The minimum absolute atomic E-state index is 0.0137. The van der Waals surface area contributed by atoms with Crippen LogP contribution in [0.25, 0.3) is 0 Å². The zero-order valence-electron chi connectivity index (χ0n) is 9.49. The van der Waals surface area contributed by atoms with E-state index in [2.05, 4.69) is 22.6 Å². The van der Waals surface area contributed by atoms with E-state index in [9.17, 15) is 9.46 Å². The highest BCUT2D eigenvalue weighted by molar-refractivity contribution is 14.1. The smallest absolute Gasteiger partial charge is 0.380 e. The van der Waals surface area contributed by atoms with Crippen molar-refractivity contribution in [3.8, 4) is 5.75 Å². The van der Waals surface area contributed by atoms with Gasteiger partial charge in [-0.05, 0) is 52.4 Å². The molecule has 1 atom stereocenters. The van der Waals surface area contributed by atoms with Crippen molar-refractivity contribution in [1.82, 2.24) is 0 Å². The van der Waals surface area contributed by atoms with E-state index < -0.39 is 7.60 Å². The van der Waals surface area contributed by atoms with E-state index >= 15 is 0 Å². The van der Waals surface area contributed by atoms with Crippen molar-refractivity contribution in [2.24, 2.45) is 0 Å². The van der Waals surface area contributed by atoms with Crippen LogP contribution in [0.4, 0.5) is 0 Å². The topological polar surface area (TPSA) is 46.5 Å². The number of hydrogen-bond acceptors (Lipinski definition) is 2. The average Bonchev–Trinajstić information content (AvgIpc) is 2.32. The highest BCUT2D eigenvalue weighted by Crippen LogP contribution is 2.45. The molecule has 18 heavy (non-hydrogen) atoms. The van der Waals surface area contributed by atoms with Gasteiger partial charge in [0, 0.05) is 3.57 Å². The Morgan fingerprint density at radius 2 is 1.67 bits per heavy atom. The molecular formula is C13H12IO3P. The second-order valence-corrected chi connectivity index (χ2v) is 6.85. The van der Waals surface area contributed by atoms with Gasteiger partial charge in [0.15, 0.2) is 0 Å². The largest absolute Gasteiger partial charge is 0.424 e. The van der Waals surface area contributed by atoms with E-state index in [-0.39, 0.29) is 6.16 Å². The van der Waals surface area contributed by atoms with Gasteiger partial charge in [0.05, 0.1) is 6.16 Å². The van der Waals surface area contributed by atoms with Crippen LogP contribution < -0.4 is 4.52 Å². The summed E-state index contributed by atoms with van der Waals surface area (Å²) >= 11 is 2.17. The molecule has 0 amide bonds. The van der Waals surface area contributed by atoms with Crippen molar-refractivity contribution in [2.75, 3.05) is 0 Å². The van der Waals surface area contributed by atoms with E-state index in [0.717, 1.165) is 9.13 Å². The summed E-state index contributed by atoms with van der Waals surface area (Å²) in [4.78, 5) is 9.82. The Bertz CT molecular complexity index is 554. The van der Waals surface area contributed by atoms with E-state index in [1.165, 1.54) is 0 Å². The minimum Gasteiger partial charge on any atom is -0.424 e. The van der Waals surface area contributed by atoms with Crippen molar-refractivity contribution in [3.05, 3.63) is 63.7 Å². The number of benzene rings is 2. The van der Waals surface area contributed by atoms with Gasteiger partial charge >= 0.3 is 7.60 Å². The zero-order chi connectivity index (χ0) is 13.0. The summed E-state index contributed by atoms with van der Waals surface area (Å²) in [5.74, 6) is 0.414. The molecule has 0 aliphatic carbocycles. The highest BCUT2D eigenvalue weighted by Gasteiger charge is 2.21. The number of hydrogen-bond donors (Lipinski definition) is 1. The maximum atomic E-state index is 12.0. The Labute approximate surface area is 119 Å². The van der Waals surface area contributed by atoms with Crippen LogP contribution >= 0.6 is 30.2 Å². The number of halogens is 1. The summed E-state index contributed by atoms with van der Waals surface area (Å²) in [5, 5.41) is 0. The van der Waals surface area contributed by atoms with Crippen LogP contribution in [-0.4, -0.2) is 4.89 Å². The SMILES string of the molecule is O=P(O)(Cc1ccccc1)Oc1ccc(I)cc1. The minimum atomic E-state index is -3.65. The molecule has 0 aliphatic rings. The monoisotopic (exact) mass is 374 g/mol. The van der Waals surface area contributed by atoms with Gasteiger partial charge in [0.2, 0.25) is 0 Å². The molecule has 0 radical (unpaired) electrons. The maximum Gasteiger partial charge on any atom is 0.380 e. The van der Waals surface area contributed by atoms with Crippen molar-refractivity contribution in [3.63, 3.8) is 0 Å². The van der Waals surface area contributed by atoms with Gasteiger partial charge in [-0.1, -0.05) is 30.3 Å². The third-order valence-electron chi connectivity index (χ3n) is 2.29. The summed E-state index contributed by atoms with van der Waals surface area (Å²) in [6, 6.07) is 16.2. The van der Waals surface area contributed by atoms with Gasteiger partial charge in [-0.3, -0.25) is 0 Å². The zero-order valence-corrected chi connectivity index (χ0v) is 12.5. The molecule has 0 aromatic heterocycles. The Morgan fingerprint density at radius 1 is 1.06 bits per heavy atom. The molecule has 0 heterocycles. The van der Waals surface area contributed by atoms with Gasteiger partial charge in [0.1, 0.15) is 5.75 Å². The molecule has 0 aliphatic heterocycles. The van der Waals surface area contributed by atoms with Gasteiger partial charge in [0.25, 0.3) is 0 Å². The summed E-state index contributed by atoms with van der Waals surface area (Å²) in [5.41, 5.74) is 0.786. The molecule has 2 aromatic carbocycles. The lowest BCUT2D eigenvalue weighted by atomic mass is 10.2. The Kier molecular flexibility index (Phi) is 4.43. The van der Waals surface area contributed by atoms with Crippen LogP contribution in [0, 0.1) is 3.57 Å². The van der Waals surface area contributed by atoms with Crippen LogP contribution in [0.5, 0.6) is 5.75 Å². The first kappa shape index (κ1) is 13.6. The Balaban J connectivity index is 2.08. The third-order valence-corrected chi connectivity index (χ3v) is 4.27. The molecule has 94 valence electrons. The average molecular weight is 374 g/mol. The van der Waals surface area contributed by atoms with Crippen LogP contribution in [-0.2, 0) is 10.7 Å². The summed E-state index contributed by atoms with van der Waals surface area (Å²) < 4.78 is 18.2. The van der Waals surface area contributed by atoms with Crippen molar-refractivity contribution in [2.45, 2.75) is 6.16 Å². The Morgan fingerprint density at radius 3 is 2.28 bits per heavy atom. The van der Waals surface area contributed by atoms with Gasteiger partial charge in [-0.15, -0.1) is 0 Å². The van der Waals surface area contributed by atoms with Crippen LogP contribution in [0.1, 0.15) is 5.56 Å². The second kappa shape index (κ2) is 5.87. The Hall–Kier alpha value is -0.840. The fraction of sp³-hybridized carbons (Fsp3) is 0.0769.